The van der Waals surface area contributed by atoms with Crippen LogP contribution in [0.15, 0.2) is 24.3 Å². The second kappa shape index (κ2) is 6.61. The van der Waals surface area contributed by atoms with Crippen LogP contribution in [0.2, 0.25) is 0 Å². The molecule has 2 fully saturated rings. The van der Waals surface area contributed by atoms with Crippen molar-refractivity contribution in [2.45, 2.75) is 33.1 Å². The first-order valence-electron chi connectivity index (χ1n) is 9.43. The predicted molar refractivity (Wildman–Crippen MR) is 101 cm³/mol. The molecule has 7 nitrogen and oxygen atoms in total. The van der Waals surface area contributed by atoms with Crippen LogP contribution < -0.4 is 5.32 Å². The first kappa shape index (κ1) is 18.5. The van der Waals surface area contributed by atoms with Gasteiger partial charge in [0.05, 0.1) is 11.1 Å². The summed E-state index contributed by atoms with van der Waals surface area (Å²) in [5.41, 5.74) is 1.41. The zero-order chi connectivity index (χ0) is 20.1. The van der Waals surface area contributed by atoms with Crippen LogP contribution >= 0.6 is 0 Å². The lowest BCUT2D eigenvalue weighted by Crippen LogP contribution is -2.38. The Morgan fingerprint density at radius 2 is 2.11 bits per heavy atom. The molecular weight excluding hydrogens is 363 g/mol. The molecule has 2 atom stereocenters. The quantitative estimate of drug-likeness (QED) is 0.847. The lowest BCUT2D eigenvalue weighted by molar-refractivity contribution is -0.149. The average molecular weight is 386 g/mol. The molecule has 1 aromatic carbocycles. The summed E-state index contributed by atoms with van der Waals surface area (Å²) in [5.74, 6) is -1.34. The van der Waals surface area contributed by atoms with Crippen molar-refractivity contribution in [3.05, 3.63) is 41.5 Å². The topological polar surface area (TPSA) is 87.5 Å². The molecular formula is C20H23FN4O3. The van der Waals surface area contributed by atoms with Gasteiger partial charge < -0.3 is 15.3 Å². The van der Waals surface area contributed by atoms with Crippen LogP contribution in [0, 0.1) is 31.0 Å². The van der Waals surface area contributed by atoms with Gasteiger partial charge in [-0.05, 0) is 56.9 Å². The van der Waals surface area contributed by atoms with Crippen LogP contribution in [0.5, 0.6) is 0 Å². The summed E-state index contributed by atoms with van der Waals surface area (Å²) in [6.45, 7) is 4.30. The molecule has 2 amide bonds. The summed E-state index contributed by atoms with van der Waals surface area (Å²) in [5, 5.41) is 16.6. The van der Waals surface area contributed by atoms with Gasteiger partial charge in [0, 0.05) is 24.5 Å². The number of amides is 2. The molecule has 1 aromatic heterocycles. The molecule has 28 heavy (non-hydrogen) atoms. The Hall–Kier alpha value is -2.90. The van der Waals surface area contributed by atoms with E-state index < -0.39 is 23.2 Å². The Kier molecular flexibility index (Phi) is 4.36. The SMILES string of the molecule is Cc1cc(C)n(-c2ccc(NC(=O)N3C[C@@H]4CCC[C@@]4(C(=O)O)C3)cc2F)n1. The molecule has 1 saturated heterocycles. The molecule has 0 bridgehead atoms. The molecule has 0 spiro atoms. The Bertz CT molecular complexity index is 957. The minimum absolute atomic E-state index is 0.0131. The van der Waals surface area contributed by atoms with Crippen LogP contribution in [0.4, 0.5) is 14.9 Å². The smallest absolute Gasteiger partial charge is 0.321 e. The van der Waals surface area contributed by atoms with E-state index in [-0.39, 0.29) is 12.5 Å². The third kappa shape index (κ3) is 2.93. The minimum Gasteiger partial charge on any atom is -0.481 e. The largest absolute Gasteiger partial charge is 0.481 e. The first-order valence-corrected chi connectivity index (χ1v) is 9.43. The number of halogens is 1. The number of nitrogens with one attached hydrogen (secondary N) is 1. The number of carbonyl (C=O) groups excluding carboxylic acids is 1. The Labute approximate surface area is 162 Å². The number of fused-ring (bicyclic) bond motifs is 1. The zero-order valence-electron chi connectivity index (χ0n) is 15.9. The molecule has 0 radical (unpaired) electrons. The number of rotatable bonds is 3. The maximum Gasteiger partial charge on any atom is 0.321 e. The van der Waals surface area contributed by atoms with Crippen molar-refractivity contribution in [3.63, 3.8) is 0 Å². The summed E-state index contributed by atoms with van der Waals surface area (Å²) < 4.78 is 16.1. The van der Waals surface area contributed by atoms with Gasteiger partial charge in [-0.15, -0.1) is 0 Å². The summed E-state index contributed by atoms with van der Waals surface area (Å²) in [6.07, 6.45) is 2.30. The van der Waals surface area contributed by atoms with Gasteiger partial charge in [-0.1, -0.05) is 6.42 Å². The van der Waals surface area contributed by atoms with Gasteiger partial charge in [0.1, 0.15) is 5.69 Å². The maximum atomic E-state index is 14.6. The van der Waals surface area contributed by atoms with Crippen LogP contribution in [0.25, 0.3) is 5.69 Å². The summed E-state index contributed by atoms with van der Waals surface area (Å²) in [7, 11) is 0. The number of carboxylic acid groups (broad SMARTS) is 1. The van der Waals surface area contributed by atoms with E-state index in [2.05, 4.69) is 10.4 Å². The average Bonchev–Trinajstić information content (AvgIpc) is 3.27. The minimum atomic E-state index is -0.831. The van der Waals surface area contributed by atoms with E-state index in [1.54, 1.807) is 12.1 Å². The van der Waals surface area contributed by atoms with E-state index in [1.807, 2.05) is 19.9 Å². The van der Waals surface area contributed by atoms with Crippen molar-refractivity contribution in [1.29, 1.82) is 0 Å². The van der Waals surface area contributed by atoms with E-state index in [4.69, 9.17) is 0 Å². The van der Waals surface area contributed by atoms with Gasteiger partial charge in [0.25, 0.3) is 0 Å². The molecule has 4 rings (SSSR count). The van der Waals surface area contributed by atoms with E-state index in [0.717, 1.165) is 24.2 Å². The number of anilines is 1. The van der Waals surface area contributed by atoms with Gasteiger partial charge >= 0.3 is 12.0 Å². The summed E-state index contributed by atoms with van der Waals surface area (Å²) in [4.78, 5) is 25.9. The third-order valence-corrected chi connectivity index (χ3v) is 6.02. The fraction of sp³-hybridized carbons (Fsp3) is 0.450. The molecule has 0 unspecified atom stereocenters. The van der Waals surface area contributed by atoms with Crippen molar-refractivity contribution in [3.8, 4) is 5.69 Å². The highest BCUT2D eigenvalue weighted by molar-refractivity contribution is 5.90. The van der Waals surface area contributed by atoms with Gasteiger partial charge in [-0.2, -0.15) is 5.10 Å². The number of urea groups is 1. The Morgan fingerprint density at radius 1 is 1.32 bits per heavy atom. The number of aryl methyl sites for hydroxylation is 2. The molecule has 2 N–H and O–H groups in total. The van der Waals surface area contributed by atoms with Crippen LogP contribution in [-0.2, 0) is 4.79 Å². The highest BCUT2D eigenvalue weighted by atomic mass is 19.1. The van der Waals surface area contributed by atoms with Gasteiger partial charge in [0.15, 0.2) is 5.82 Å². The van der Waals surface area contributed by atoms with Gasteiger partial charge in [-0.3, -0.25) is 4.79 Å². The summed E-state index contributed by atoms with van der Waals surface area (Å²) in [6, 6.07) is 5.91. The van der Waals surface area contributed by atoms with Crippen molar-refractivity contribution >= 4 is 17.7 Å². The number of benzene rings is 1. The number of hydrogen-bond acceptors (Lipinski definition) is 3. The fourth-order valence-corrected chi connectivity index (χ4v) is 4.63. The molecule has 2 aromatic rings. The van der Waals surface area contributed by atoms with E-state index >= 15 is 0 Å². The van der Waals surface area contributed by atoms with Gasteiger partial charge in [0.2, 0.25) is 0 Å². The number of aliphatic carboxylic acids is 1. The number of likely N-dealkylation sites (tertiary alicyclic amines) is 1. The second-order valence-electron chi connectivity index (χ2n) is 7.87. The Morgan fingerprint density at radius 3 is 2.71 bits per heavy atom. The van der Waals surface area contributed by atoms with Crippen LogP contribution in [-0.4, -0.2) is 44.9 Å². The van der Waals surface area contributed by atoms with E-state index in [1.165, 1.54) is 15.6 Å². The lowest BCUT2D eigenvalue weighted by atomic mass is 9.81. The molecule has 2 aliphatic rings. The van der Waals surface area contributed by atoms with Gasteiger partial charge in [-0.25, -0.2) is 13.9 Å². The summed E-state index contributed by atoms with van der Waals surface area (Å²) >= 11 is 0. The molecule has 148 valence electrons. The fourth-order valence-electron chi connectivity index (χ4n) is 4.63. The molecule has 8 heteroatoms. The van der Waals surface area contributed by atoms with Crippen LogP contribution in [0.1, 0.15) is 30.7 Å². The lowest BCUT2D eigenvalue weighted by Gasteiger charge is -2.23. The molecule has 2 heterocycles. The normalized spacial score (nSPS) is 23.7. The van der Waals surface area contributed by atoms with E-state index in [0.29, 0.717) is 24.3 Å². The Balaban J connectivity index is 1.49. The number of carbonyl (C=O) groups is 2. The number of hydrogen-bond donors (Lipinski definition) is 2. The van der Waals surface area contributed by atoms with Crippen molar-refractivity contribution in [2.24, 2.45) is 11.3 Å². The van der Waals surface area contributed by atoms with E-state index in [9.17, 15) is 19.1 Å². The molecule has 1 aliphatic heterocycles. The molecule has 1 aliphatic carbocycles. The standard InChI is InChI=1S/C20H23FN4O3/c1-12-8-13(2)25(23-12)17-6-5-15(9-16(17)21)22-19(28)24-10-14-4-3-7-20(14,11-24)18(26)27/h5-6,8-9,14H,3-4,7,10-11H2,1-2H3,(H,22,28)(H,26,27)/t14-,20+/m0/s1. The molecule has 1 saturated carbocycles. The number of nitrogens with zero attached hydrogens (tertiary/aromatic N) is 3. The predicted octanol–water partition coefficient (Wildman–Crippen LogP) is 3.35. The van der Waals surface area contributed by atoms with Crippen LogP contribution in [0.3, 0.4) is 0 Å². The number of aromatic nitrogens is 2. The first-order chi connectivity index (χ1) is 13.3. The highest BCUT2D eigenvalue weighted by Crippen LogP contribution is 2.48. The van der Waals surface area contributed by atoms with Crippen molar-refractivity contribution < 1.29 is 19.1 Å². The zero-order valence-corrected chi connectivity index (χ0v) is 15.9. The second-order valence-corrected chi connectivity index (χ2v) is 7.87. The maximum absolute atomic E-state index is 14.6. The van der Waals surface area contributed by atoms with Crippen molar-refractivity contribution in [1.82, 2.24) is 14.7 Å². The highest BCUT2D eigenvalue weighted by Gasteiger charge is 2.55. The monoisotopic (exact) mass is 386 g/mol. The third-order valence-electron chi connectivity index (χ3n) is 6.02. The van der Waals surface area contributed by atoms with Crippen molar-refractivity contribution in [2.75, 3.05) is 18.4 Å². The number of carboxylic acids is 1.